The molecule has 18 heavy (non-hydrogen) atoms. The van der Waals surface area contributed by atoms with Gasteiger partial charge in [0.2, 0.25) is 0 Å². The topological polar surface area (TPSA) is 37.3 Å². The van der Waals surface area contributed by atoms with Gasteiger partial charge in [-0.2, -0.15) is 0 Å². The molecule has 0 saturated carbocycles. The number of aliphatic hydroxyl groups is 1. The predicted molar refractivity (Wildman–Crippen MR) is 76.7 cm³/mol. The molecule has 0 spiro atoms. The van der Waals surface area contributed by atoms with E-state index in [-0.39, 0.29) is 0 Å². The van der Waals surface area contributed by atoms with E-state index in [4.69, 9.17) is 0 Å². The number of aryl methyl sites for hydroxylation is 1. The van der Waals surface area contributed by atoms with Crippen molar-refractivity contribution in [2.24, 2.45) is 0 Å². The van der Waals surface area contributed by atoms with Gasteiger partial charge in [0.1, 0.15) is 6.10 Å². The second-order valence-electron chi connectivity index (χ2n) is 4.14. The number of aliphatic hydroxyl groups excluding tert-OH is 1. The molecule has 0 saturated heterocycles. The fraction of sp³-hybridized carbons (Fsp3) is 0.200. The van der Waals surface area contributed by atoms with Crippen LogP contribution in [0.4, 0.5) is 0 Å². The average molecular weight is 262 g/mol. The number of hydrogen-bond donors (Lipinski definition) is 1. The lowest BCUT2D eigenvalue weighted by molar-refractivity contribution is 0.255. The first-order chi connectivity index (χ1) is 8.47. The molecule has 96 valence electrons. The standard InChI is InChI=1S/C15H18O2S/c1-5-6-14(15(16)11(2)3)18(17)13-9-7-12(4)8-10-13/h5-10,15-16H,1-2H2,3-4H3/b14-6+/t15-,18-/m0/s1. The van der Waals surface area contributed by atoms with Crippen molar-refractivity contribution in [2.75, 3.05) is 0 Å². The SMILES string of the molecule is C=C/C=C(\[C@@H](O)C(=C)C)[S@@](=O)c1ccc(C)cc1. The highest BCUT2D eigenvalue weighted by molar-refractivity contribution is 7.89. The van der Waals surface area contributed by atoms with E-state index in [0.717, 1.165) is 5.56 Å². The Morgan fingerprint density at radius 3 is 2.39 bits per heavy atom. The van der Waals surface area contributed by atoms with Crippen LogP contribution in [0.3, 0.4) is 0 Å². The Morgan fingerprint density at radius 2 is 1.94 bits per heavy atom. The van der Waals surface area contributed by atoms with Crippen molar-refractivity contribution in [3.8, 4) is 0 Å². The van der Waals surface area contributed by atoms with Gasteiger partial charge in [0.15, 0.2) is 0 Å². The van der Waals surface area contributed by atoms with Gasteiger partial charge in [0, 0.05) is 4.90 Å². The van der Waals surface area contributed by atoms with Gasteiger partial charge in [-0.15, -0.1) is 0 Å². The third-order valence-corrected chi connectivity index (χ3v) is 3.96. The van der Waals surface area contributed by atoms with E-state index in [1.807, 2.05) is 19.1 Å². The zero-order chi connectivity index (χ0) is 13.7. The zero-order valence-electron chi connectivity index (χ0n) is 10.7. The maximum atomic E-state index is 12.4. The van der Waals surface area contributed by atoms with E-state index < -0.39 is 16.9 Å². The summed E-state index contributed by atoms with van der Waals surface area (Å²) in [5.41, 5.74) is 1.66. The molecule has 0 amide bonds. The van der Waals surface area contributed by atoms with Crippen LogP contribution in [0.1, 0.15) is 12.5 Å². The van der Waals surface area contributed by atoms with Crippen molar-refractivity contribution in [1.82, 2.24) is 0 Å². The molecule has 1 N–H and O–H groups in total. The van der Waals surface area contributed by atoms with E-state index in [1.165, 1.54) is 6.08 Å². The largest absolute Gasteiger partial charge is 0.383 e. The van der Waals surface area contributed by atoms with Crippen molar-refractivity contribution in [3.05, 3.63) is 65.6 Å². The van der Waals surface area contributed by atoms with Crippen LogP contribution in [0.15, 0.2) is 64.9 Å². The Hall–Kier alpha value is -1.45. The van der Waals surface area contributed by atoms with Crippen LogP contribution in [0.5, 0.6) is 0 Å². The highest BCUT2D eigenvalue weighted by atomic mass is 32.2. The molecule has 0 bridgehead atoms. The van der Waals surface area contributed by atoms with E-state index in [0.29, 0.717) is 15.4 Å². The Kier molecular flexibility index (Phi) is 5.25. The quantitative estimate of drug-likeness (QED) is 0.654. The van der Waals surface area contributed by atoms with Crippen LogP contribution >= 0.6 is 0 Å². The van der Waals surface area contributed by atoms with Crippen molar-refractivity contribution in [1.29, 1.82) is 0 Å². The first-order valence-electron chi connectivity index (χ1n) is 5.62. The van der Waals surface area contributed by atoms with Gasteiger partial charge in [-0.3, -0.25) is 0 Å². The average Bonchev–Trinajstić information content (AvgIpc) is 2.35. The fourth-order valence-corrected chi connectivity index (χ4v) is 2.69. The lowest BCUT2D eigenvalue weighted by Crippen LogP contribution is -2.15. The third-order valence-electron chi connectivity index (χ3n) is 2.47. The summed E-state index contributed by atoms with van der Waals surface area (Å²) in [6, 6.07) is 7.39. The third kappa shape index (κ3) is 3.52. The molecule has 1 aromatic carbocycles. The number of hydrogen-bond acceptors (Lipinski definition) is 2. The molecule has 0 heterocycles. The van der Waals surface area contributed by atoms with Crippen molar-refractivity contribution < 1.29 is 9.32 Å². The van der Waals surface area contributed by atoms with Crippen molar-refractivity contribution >= 4 is 10.8 Å². The second kappa shape index (κ2) is 6.47. The summed E-state index contributed by atoms with van der Waals surface area (Å²) in [4.78, 5) is 1.07. The monoisotopic (exact) mass is 262 g/mol. The van der Waals surface area contributed by atoms with Crippen LogP contribution in [0.2, 0.25) is 0 Å². The molecule has 0 unspecified atom stereocenters. The summed E-state index contributed by atoms with van der Waals surface area (Å²) >= 11 is 0. The van der Waals surface area contributed by atoms with Crippen LogP contribution < -0.4 is 0 Å². The van der Waals surface area contributed by atoms with Crippen molar-refractivity contribution in [3.63, 3.8) is 0 Å². The molecule has 0 aliphatic carbocycles. The smallest absolute Gasteiger partial charge is 0.108 e. The number of benzene rings is 1. The first-order valence-corrected chi connectivity index (χ1v) is 6.77. The van der Waals surface area contributed by atoms with Gasteiger partial charge < -0.3 is 5.11 Å². The summed E-state index contributed by atoms with van der Waals surface area (Å²) in [5.74, 6) is 0. The fourth-order valence-electron chi connectivity index (χ4n) is 1.41. The Bertz CT molecular complexity index is 498. The lowest BCUT2D eigenvalue weighted by Gasteiger charge is -2.14. The second-order valence-corrected chi connectivity index (χ2v) is 5.62. The minimum Gasteiger partial charge on any atom is -0.383 e. The molecule has 2 nitrogen and oxygen atoms in total. The number of rotatable bonds is 5. The molecular weight excluding hydrogens is 244 g/mol. The van der Waals surface area contributed by atoms with Gasteiger partial charge in [-0.05, 0) is 37.6 Å². The first kappa shape index (κ1) is 14.6. The predicted octanol–water partition coefficient (Wildman–Crippen LogP) is 3.11. The van der Waals surface area contributed by atoms with Crippen LogP contribution in [0, 0.1) is 6.92 Å². The van der Waals surface area contributed by atoms with E-state index in [1.54, 1.807) is 25.1 Å². The van der Waals surface area contributed by atoms with Gasteiger partial charge >= 0.3 is 0 Å². The van der Waals surface area contributed by atoms with Gasteiger partial charge in [-0.1, -0.05) is 36.9 Å². The number of allylic oxidation sites excluding steroid dienone is 2. The Labute approximate surface area is 111 Å². The van der Waals surface area contributed by atoms with Gasteiger partial charge in [0.25, 0.3) is 0 Å². The molecule has 0 aromatic heterocycles. The Morgan fingerprint density at radius 1 is 1.39 bits per heavy atom. The highest BCUT2D eigenvalue weighted by Crippen LogP contribution is 2.21. The molecule has 1 aromatic rings. The minimum absolute atomic E-state index is 0.404. The van der Waals surface area contributed by atoms with E-state index in [2.05, 4.69) is 13.2 Å². The molecule has 3 heteroatoms. The van der Waals surface area contributed by atoms with Crippen molar-refractivity contribution in [2.45, 2.75) is 24.8 Å². The molecule has 0 aliphatic heterocycles. The van der Waals surface area contributed by atoms with Gasteiger partial charge in [0.05, 0.1) is 15.7 Å². The Balaban J connectivity index is 3.11. The van der Waals surface area contributed by atoms with Crippen LogP contribution in [0.25, 0.3) is 0 Å². The van der Waals surface area contributed by atoms with E-state index >= 15 is 0 Å². The molecule has 0 fully saturated rings. The van der Waals surface area contributed by atoms with Crippen LogP contribution in [-0.2, 0) is 10.8 Å². The zero-order valence-corrected chi connectivity index (χ0v) is 11.5. The maximum absolute atomic E-state index is 12.4. The highest BCUT2D eigenvalue weighted by Gasteiger charge is 2.18. The maximum Gasteiger partial charge on any atom is 0.108 e. The summed E-state index contributed by atoms with van der Waals surface area (Å²) < 4.78 is 12.4. The molecule has 0 aliphatic rings. The van der Waals surface area contributed by atoms with Gasteiger partial charge in [-0.25, -0.2) is 4.21 Å². The van der Waals surface area contributed by atoms with E-state index in [9.17, 15) is 9.32 Å². The summed E-state index contributed by atoms with van der Waals surface area (Å²) in [5, 5.41) is 9.99. The van der Waals surface area contributed by atoms with Crippen LogP contribution in [-0.4, -0.2) is 15.4 Å². The summed E-state index contributed by atoms with van der Waals surface area (Å²) in [7, 11) is -1.40. The molecule has 2 atom stereocenters. The molecule has 1 rings (SSSR count). The summed E-state index contributed by atoms with van der Waals surface area (Å²) in [6.45, 7) is 10.9. The minimum atomic E-state index is -1.40. The molecular formula is C15H18O2S. The normalized spacial score (nSPS) is 14.9. The molecule has 0 radical (unpaired) electrons. The lowest BCUT2D eigenvalue weighted by atomic mass is 10.2. The summed E-state index contributed by atoms with van der Waals surface area (Å²) in [6.07, 6.45) is 2.19.